The van der Waals surface area contributed by atoms with Crippen LogP contribution in [-0.2, 0) is 6.42 Å². The summed E-state index contributed by atoms with van der Waals surface area (Å²) < 4.78 is 0. The van der Waals surface area contributed by atoms with E-state index in [2.05, 4.69) is 10.9 Å². The maximum Gasteiger partial charge on any atom is 0.0897 e. The van der Waals surface area contributed by atoms with Crippen molar-refractivity contribution in [2.24, 2.45) is 0 Å². The van der Waals surface area contributed by atoms with E-state index in [4.69, 9.17) is 6.42 Å². The fourth-order valence-corrected chi connectivity index (χ4v) is 1.33. The Morgan fingerprint density at radius 2 is 2.67 bits per heavy atom. The Morgan fingerprint density at radius 1 is 1.89 bits per heavy atom. The summed E-state index contributed by atoms with van der Waals surface area (Å²) in [6, 6.07) is 0. The second-order valence-corrected chi connectivity index (χ2v) is 3.05. The first-order chi connectivity index (χ1) is 4.33. The van der Waals surface area contributed by atoms with Crippen LogP contribution in [0.25, 0.3) is 0 Å². The minimum absolute atomic E-state index is 0.714. The molecule has 1 aromatic rings. The minimum Gasteiger partial charge on any atom is -0.250 e. The van der Waals surface area contributed by atoms with Crippen LogP contribution in [0.1, 0.15) is 9.88 Å². The highest BCUT2D eigenvalue weighted by Gasteiger charge is 1.92. The molecule has 46 valence electrons. The molecule has 0 saturated heterocycles. The van der Waals surface area contributed by atoms with Crippen molar-refractivity contribution < 1.29 is 0 Å². The molecule has 0 bridgehead atoms. The molecule has 0 aromatic carbocycles. The Morgan fingerprint density at radius 3 is 3.11 bits per heavy atom. The molecule has 0 aliphatic carbocycles. The molecule has 1 heterocycles. The standard InChI is InChI=1S/C7H7NS/c1-3-4-7-5-8-6(2)9-7/h1,5H,4H2,2H3. The van der Waals surface area contributed by atoms with Crippen LogP contribution in [-0.4, -0.2) is 4.98 Å². The van der Waals surface area contributed by atoms with E-state index in [0.717, 1.165) is 5.01 Å². The Hall–Kier alpha value is -0.810. The largest absolute Gasteiger partial charge is 0.250 e. The summed E-state index contributed by atoms with van der Waals surface area (Å²) in [7, 11) is 0. The first-order valence-corrected chi connectivity index (χ1v) is 3.49. The number of thiazole rings is 1. The van der Waals surface area contributed by atoms with E-state index in [0.29, 0.717) is 6.42 Å². The van der Waals surface area contributed by atoms with Crippen LogP contribution in [0.2, 0.25) is 0 Å². The summed E-state index contributed by atoms with van der Waals surface area (Å²) in [5, 5.41) is 1.08. The third-order valence-electron chi connectivity index (χ3n) is 0.945. The maximum absolute atomic E-state index is 5.10. The first kappa shape index (κ1) is 6.31. The molecule has 1 aromatic heterocycles. The van der Waals surface area contributed by atoms with Crippen LogP contribution in [0.4, 0.5) is 0 Å². The molecular formula is C7H7NS. The first-order valence-electron chi connectivity index (χ1n) is 2.67. The monoisotopic (exact) mass is 137 g/mol. The molecule has 0 spiro atoms. The van der Waals surface area contributed by atoms with Crippen molar-refractivity contribution in [1.82, 2.24) is 4.98 Å². The van der Waals surface area contributed by atoms with Gasteiger partial charge >= 0.3 is 0 Å². The number of hydrogen-bond acceptors (Lipinski definition) is 2. The molecule has 1 nitrogen and oxygen atoms in total. The minimum atomic E-state index is 0.714. The number of aryl methyl sites for hydroxylation is 1. The summed E-state index contributed by atoms with van der Waals surface area (Å²) in [6.07, 6.45) is 7.65. The zero-order chi connectivity index (χ0) is 6.69. The quantitative estimate of drug-likeness (QED) is 0.536. The van der Waals surface area contributed by atoms with Crippen LogP contribution < -0.4 is 0 Å². The summed E-state index contributed by atoms with van der Waals surface area (Å²) in [4.78, 5) is 5.23. The van der Waals surface area contributed by atoms with Gasteiger partial charge in [-0.1, -0.05) is 0 Å². The second-order valence-electron chi connectivity index (χ2n) is 1.73. The molecule has 2 heteroatoms. The predicted octanol–water partition coefficient (Wildman–Crippen LogP) is 1.63. The van der Waals surface area contributed by atoms with E-state index in [-0.39, 0.29) is 0 Å². The zero-order valence-electron chi connectivity index (χ0n) is 5.22. The van der Waals surface area contributed by atoms with E-state index in [9.17, 15) is 0 Å². The van der Waals surface area contributed by atoms with Gasteiger partial charge in [-0.2, -0.15) is 0 Å². The van der Waals surface area contributed by atoms with Crippen molar-refractivity contribution >= 4 is 11.3 Å². The van der Waals surface area contributed by atoms with Gasteiger partial charge in [0.1, 0.15) is 0 Å². The van der Waals surface area contributed by atoms with Gasteiger partial charge in [0.05, 0.1) is 5.01 Å². The van der Waals surface area contributed by atoms with Crippen LogP contribution in [0.3, 0.4) is 0 Å². The summed E-state index contributed by atoms with van der Waals surface area (Å²) in [5.74, 6) is 2.57. The molecule has 0 amide bonds. The van der Waals surface area contributed by atoms with E-state index in [1.807, 2.05) is 13.1 Å². The lowest BCUT2D eigenvalue weighted by Crippen LogP contribution is -1.68. The van der Waals surface area contributed by atoms with Gasteiger partial charge in [-0.15, -0.1) is 23.7 Å². The zero-order valence-corrected chi connectivity index (χ0v) is 6.03. The van der Waals surface area contributed by atoms with Crippen molar-refractivity contribution in [3.63, 3.8) is 0 Å². The normalized spacial score (nSPS) is 8.89. The number of rotatable bonds is 1. The molecule has 0 atom stereocenters. The molecule has 0 unspecified atom stereocenters. The van der Waals surface area contributed by atoms with Crippen molar-refractivity contribution in [2.45, 2.75) is 13.3 Å². The van der Waals surface area contributed by atoms with Crippen LogP contribution in [0.5, 0.6) is 0 Å². The highest BCUT2D eigenvalue weighted by Crippen LogP contribution is 2.10. The predicted molar refractivity (Wildman–Crippen MR) is 39.4 cm³/mol. The lowest BCUT2D eigenvalue weighted by atomic mass is 10.4. The molecule has 0 radical (unpaired) electrons. The molecule has 0 fully saturated rings. The molecule has 0 aliphatic rings. The van der Waals surface area contributed by atoms with Gasteiger partial charge < -0.3 is 0 Å². The highest BCUT2D eigenvalue weighted by atomic mass is 32.1. The van der Waals surface area contributed by atoms with Crippen LogP contribution in [0, 0.1) is 19.3 Å². The number of nitrogens with zero attached hydrogens (tertiary/aromatic N) is 1. The van der Waals surface area contributed by atoms with Crippen molar-refractivity contribution in [3.8, 4) is 12.3 Å². The third kappa shape index (κ3) is 1.55. The van der Waals surface area contributed by atoms with Gasteiger partial charge in [0, 0.05) is 17.5 Å². The Bertz CT molecular complexity index is 231. The van der Waals surface area contributed by atoms with Crippen LogP contribution in [0.15, 0.2) is 6.20 Å². The average Bonchev–Trinajstić information content (AvgIpc) is 2.17. The van der Waals surface area contributed by atoms with Gasteiger partial charge in [0.2, 0.25) is 0 Å². The van der Waals surface area contributed by atoms with Gasteiger partial charge in [0.15, 0.2) is 0 Å². The number of terminal acetylenes is 1. The van der Waals surface area contributed by atoms with Gasteiger partial charge in [-0.05, 0) is 6.92 Å². The maximum atomic E-state index is 5.10. The number of aromatic nitrogens is 1. The lowest BCUT2D eigenvalue weighted by Gasteiger charge is -1.78. The van der Waals surface area contributed by atoms with Gasteiger partial charge in [-0.3, -0.25) is 0 Å². The number of hydrogen-bond donors (Lipinski definition) is 0. The average molecular weight is 137 g/mol. The fraction of sp³-hybridized carbons (Fsp3) is 0.286. The van der Waals surface area contributed by atoms with E-state index < -0.39 is 0 Å². The molecular weight excluding hydrogens is 130 g/mol. The smallest absolute Gasteiger partial charge is 0.0897 e. The second kappa shape index (κ2) is 2.65. The Labute approximate surface area is 58.8 Å². The SMILES string of the molecule is C#CCc1cnc(C)s1. The summed E-state index contributed by atoms with van der Waals surface area (Å²) in [6.45, 7) is 1.98. The Kier molecular flexibility index (Phi) is 1.86. The molecule has 0 aliphatic heterocycles. The molecule has 9 heavy (non-hydrogen) atoms. The fourth-order valence-electron chi connectivity index (χ4n) is 0.588. The molecule has 0 saturated carbocycles. The third-order valence-corrected chi connectivity index (χ3v) is 1.86. The van der Waals surface area contributed by atoms with E-state index >= 15 is 0 Å². The van der Waals surface area contributed by atoms with Gasteiger partial charge in [-0.25, -0.2) is 4.98 Å². The highest BCUT2D eigenvalue weighted by molar-refractivity contribution is 7.11. The van der Waals surface area contributed by atoms with Gasteiger partial charge in [0.25, 0.3) is 0 Å². The van der Waals surface area contributed by atoms with E-state index in [1.165, 1.54) is 4.88 Å². The summed E-state index contributed by atoms with van der Waals surface area (Å²) >= 11 is 1.66. The van der Waals surface area contributed by atoms with Crippen molar-refractivity contribution in [1.29, 1.82) is 0 Å². The van der Waals surface area contributed by atoms with Crippen molar-refractivity contribution in [2.75, 3.05) is 0 Å². The van der Waals surface area contributed by atoms with Crippen LogP contribution >= 0.6 is 11.3 Å². The topological polar surface area (TPSA) is 12.9 Å². The van der Waals surface area contributed by atoms with E-state index in [1.54, 1.807) is 11.3 Å². The molecule has 1 rings (SSSR count). The Balaban J connectivity index is 2.76. The molecule has 0 N–H and O–H groups in total. The lowest BCUT2D eigenvalue weighted by molar-refractivity contribution is 1.26. The summed E-state index contributed by atoms with van der Waals surface area (Å²) in [5.41, 5.74) is 0. The van der Waals surface area contributed by atoms with Crippen molar-refractivity contribution in [3.05, 3.63) is 16.1 Å².